The van der Waals surface area contributed by atoms with Gasteiger partial charge in [0.05, 0.1) is 4.92 Å². The number of H-pyrrole nitrogens is 1. The average molecular weight is 233 g/mol. The molecular weight excluding hydrogens is 222 g/mol. The molecule has 0 saturated carbocycles. The molecule has 0 spiro atoms. The van der Waals surface area contributed by atoms with Crippen LogP contribution in [0.1, 0.15) is 5.82 Å². The first-order valence-electron chi connectivity index (χ1n) is 5.08. The molecule has 7 nitrogen and oxygen atoms in total. The zero-order valence-corrected chi connectivity index (χ0v) is 8.96. The quantitative estimate of drug-likeness (QED) is 0.600. The normalized spacial score (nSPS) is 10.1. The fourth-order valence-corrected chi connectivity index (χ4v) is 1.34. The molecule has 0 bridgehead atoms. The molecule has 2 N–H and O–H groups in total. The van der Waals surface area contributed by atoms with Crippen LogP contribution in [0.15, 0.2) is 30.7 Å². The second-order valence-corrected chi connectivity index (χ2v) is 3.37. The standard InChI is InChI=1S/C10H11N5O2/c16-15(17)8-1-2-9(14-7-8)11-4-3-10-12-5-6-13-10/h1-2,5-7H,3-4H2,(H,11,14)(H,12,13). The molecule has 7 heteroatoms. The summed E-state index contributed by atoms with van der Waals surface area (Å²) in [6, 6.07) is 3.00. The Hall–Kier alpha value is -2.44. The highest BCUT2D eigenvalue weighted by atomic mass is 16.6. The van der Waals surface area contributed by atoms with Crippen LogP contribution in [0.5, 0.6) is 0 Å². The molecule has 0 atom stereocenters. The molecule has 17 heavy (non-hydrogen) atoms. The summed E-state index contributed by atoms with van der Waals surface area (Å²) < 4.78 is 0. The molecular formula is C10H11N5O2. The number of nitro groups is 1. The highest BCUT2D eigenvalue weighted by Gasteiger charge is 2.04. The first-order chi connectivity index (χ1) is 8.25. The molecule has 2 heterocycles. The molecule has 88 valence electrons. The predicted octanol–water partition coefficient (Wildman–Crippen LogP) is 1.37. The molecule has 2 rings (SSSR count). The largest absolute Gasteiger partial charge is 0.370 e. The Labute approximate surface area is 97.1 Å². The van der Waals surface area contributed by atoms with Crippen LogP contribution in [0.3, 0.4) is 0 Å². The number of anilines is 1. The molecule has 2 aromatic heterocycles. The van der Waals surface area contributed by atoms with Crippen molar-refractivity contribution in [2.24, 2.45) is 0 Å². The summed E-state index contributed by atoms with van der Waals surface area (Å²) in [5, 5.41) is 13.5. The number of aromatic amines is 1. The van der Waals surface area contributed by atoms with E-state index in [9.17, 15) is 10.1 Å². The van der Waals surface area contributed by atoms with Crippen LogP contribution in [-0.2, 0) is 6.42 Å². The number of nitrogens with zero attached hydrogens (tertiary/aromatic N) is 3. The minimum atomic E-state index is -0.473. The van der Waals surface area contributed by atoms with E-state index in [0.717, 1.165) is 12.2 Å². The number of imidazole rings is 1. The molecule has 0 aliphatic rings. The highest BCUT2D eigenvalue weighted by molar-refractivity contribution is 5.40. The van der Waals surface area contributed by atoms with Gasteiger partial charge in [0, 0.05) is 31.4 Å². The van der Waals surface area contributed by atoms with Crippen molar-refractivity contribution in [2.45, 2.75) is 6.42 Å². The Morgan fingerprint density at radius 1 is 1.41 bits per heavy atom. The van der Waals surface area contributed by atoms with Gasteiger partial charge in [0.15, 0.2) is 0 Å². The lowest BCUT2D eigenvalue weighted by Crippen LogP contribution is -2.07. The van der Waals surface area contributed by atoms with Crippen molar-refractivity contribution in [1.82, 2.24) is 15.0 Å². The Bertz CT molecular complexity index is 480. The maximum atomic E-state index is 10.4. The number of rotatable bonds is 5. The first-order valence-corrected chi connectivity index (χ1v) is 5.08. The second-order valence-electron chi connectivity index (χ2n) is 3.37. The van der Waals surface area contributed by atoms with E-state index in [1.54, 1.807) is 18.5 Å². The lowest BCUT2D eigenvalue weighted by molar-refractivity contribution is -0.385. The topological polar surface area (TPSA) is 96.7 Å². The number of hydrogen-bond acceptors (Lipinski definition) is 5. The van der Waals surface area contributed by atoms with Gasteiger partial charge in [-0.25, -0.2) is 9.97 Å². The maximum Gasteiger partial charge on any atom is 0.287 e. The zero-order valence-electron chi connectivity index (χ0n) is 8.96. The smallest absolute Gasteiger partial charge is 0.287 e. The van der Waals surface area contributed by atoms with Crippen LogP contribution in [0.2, 0.25) is 0 Å². The van der Waals surface area contributed by atoms with E-state index in [0.29, 0.717) is 12.4 Å². The zero-order chi connectivity index (χ0) is 12.1. The van der Waals surface area contributed by atoms with Gasteiger partial charge >= 0.3 is 0 Å². The summed E-state index contributed by atoms with van der Waals surface area (Å²) in [6.07, 6.45) is 5.43. The van der Waals surface area contributed by atoms with Crippen molar-refractivity contribution < 1.29 is 4.92 Å². The van der Waals surface area contributed by atoms with Gasteiger partial charge in [-0.2, -0.15) is 0 Å². The van der Waals surface area contributed by atoms with E-state index in [4.69, 9.17) is 0 Å². The lowest BCUT2D eigenvalue weighted by Gasteiger charge is -2.03. The van der Waals surface area contributed by atoms with Crippen LogP contribution in [0.25, 0.3) is 0 Å². The van der Waals surface area contributed by atoms with E-state index in [-0.39, 0.29) is 5.69 Å². The fraction of sp³-hybridized carbons (Fsp3) is 0.200. The highest BCUT2D eigenvalue weighted by Crippen LogP contribution is 2.11. The van der Waals surface area contributed by atoms with E-state index < -0.39 is 4.92 Å². The van der Waals surface area contributed by atoms with E-state index in [1.807, 2.05) is 0 Å². The van der Waals surface area contributed by atoms with Crippen LogP contribution in [0, 0.1) is 10.1 Å². The van der Waals surface area contributed by atoms with Gasteiger partial charge in [-0.15, -0.1) is 0 Å². The SMILES string of the molecule is O=[N+]([O-])c1ccc(NCCc2ncc[nH]2)nc1. The van der Waals surface area contributed by atoms with Gasteiger partial charge in [0.25, 0.3) is 5.69 Å². The Kier molecular flexibility index (Phi) is 3.29. The van der Waals surface area contributed by atoms with Crippen molar-refractivity contribution in [3.8, 4) is 0 Å². The van der Waals surface area contributed by atoms with Crippen LogP contribution in [0.4, 0.5) is 11.5 Å². The second kappa shape index (κ2) is 5.06. The molecule has 0 aromatic carbocycles. The van der Waals surface area contributed by atoms with Crippen LogP contribution in [-0.4, -0.2) is 26.4 Å². The number of hydrogen-bond donors (Lipinski definition) is 2. The number of aromatic nitrogens is 3. The summed E-state index contributed by atoms with van der Waals surface area (Å²) >= 11 is 0. The molecule has 0 aliphatic carbocycles. The third kappa shape index (κ3) is 3.00. The minimum absolute atomic E-state index is 0.0124. The van der Waals surface area contributed by atoms with Crippen molar-refractivity contribution >= 4 is 11.5 Å². The van der Waals surface area contributed by atoms with Crippen molar-refractivity contribution in [3.05, 3.63) is 46.7 Å². The van der Waals surface area contributed by atoms with Gasteiger partial charge in [0.2, 0.25) is 0 Å². The van der Waals surface area contributed by atoms with E-state index in [1.165, 1.54) is 12.3 Å². The first kappa shape index (κ1) is 11.1. The van der Waals surface area contributed by atoms with Crippen molar-refractivity contribution in [3.63, 3.8) is 0 Å². The molecule has 0 fully saturated rings. The average Bonchev–Trinajstić information content (AvgIpc) is 2.83. The number of pyridine rings is 1. The third-order valence-corrected chi connectivity index (χ3v) is 2.18. The number of nitrogens with one attached hydrogen (secondary N) is 2. The fourth-order valence-electron chi connectivity index (χ4n) is 1.34. The predicted molar refractivity (Wildman–Crippen MR) is 61.7 cm³/mol. The molecule has 0 amide bonds. The van der Waals surface area contributed by atoms with E-state index >= 15 is 0 Å². The Morgan fingerprint density at radius 2 is 2.29 bits per heavy atom. The molecule has 0 saturated heterocycles. The summed E-state index contributed by atoms with van der Waals surface area (Å²) in [5.74, 6) is 1.50. The third-order valence-electron chi connectivity index (χ3n) is 2.18. The molecule has 0 unspecified atom stereocenters. The Balaban J connectivity index is 1.85. The Morgan fingerprint density at radius 3 is 2.88 bits per heavy atom. The van der Waals surface area contributed by atoms with Gasteiger partial charge in [-0.1, -0.05) is 0 Å². The van der Waals surface area contributed by atoms with Crippen molar-refractivity contribution in [2.75, 3.05) is 11.9 Å². The van der Waals surface area contributed by atoms with Gasteiger partial charge in [-0.3, -0.25) is 10.1 Å². The molecule has 0 aliphatic heterocycles. The molecule has 0 radical (unpaired) electrons. The van der Waals surface area contributed by atoms with Gasteiger partial charge in [-0.05, 0) is 6.07 Å². The maximum absolute atomic E-state index is 10.4. The summed E-state index contributed by atoms with van der Waals surface area (Å²) in [7, 11) is 0. The van der Waals surface area contributed by atoms with E-state index in [2.05, 4.69) is 20.3 Å². The summed E-state index contributed by atoms with van der Waals surface area (Å²) in [4.78, 5) is 20.9. The van der Waals surface area contributed by atoms with Crippen LogP contribution < -0.4 is 5.32 Å². The van der Waals surface area contributed by atoms with Crippen LogP contribution >= 0.6 is 0 Å². The monoisotopic (exact) mass is 233 g/mol. The van der Waals surface area contributed by atoms with Gasteiger partial charge in [0.1, 0.15) is 17.8 Å². The van der Waals surface area contributed by atoms with Crippen molar-refractivity contribution in [1.29, 1.82) is 0 Å². The lowest BCUT2D eigenvalue weighted by atomic mass is 10.4. The van der Waals surface area contributed by atoms with Gasteiger partial charge < -0.3 is 10.3 Å². The molecule has 2 aromatic rings. The summed E-state index contributed by atoms with van der Waals surface area (Å²) in [6.45, 7) is 0.665. The minimum Gasteiger partial charge on any atom is -0.370 e. The summed E-state index contributed by atoms with van der Waals surface area (Å²) in [5.41, 5.74) is -0.0124.